The van der Waals surface area contributed by atoms with Crippen LogP contribution < -0.4 is 4.90 Å². The van der Waals surface area contributed by atoms with Gasteiger partial charge < -0.3 is 4.90 Å². The summed E-state index contributed by atoms with van der Waals surface area (Å²) in [5, 5.41) is 5.41. The van der Waals surface area contributed by atoms with Crippen LogP contribution >= 0.6 is 0 Å². The predicted octanol–water partition coefficient (Wildman–Crippen LogP) is 2.38. The molecule has 2 atom stereocenters. The van der Waals surface area contributed by atoms with E-state index in [1.165, 1.54) is 32.1 Å². The van der Waals surface area contributed by atoms with Crippen molar-refractivity contribution >= 4 is 16.9 Å². The number of hydrogen-bond donors (Lipinski definition) is 0. The molecule has 2 aliphatic rings. The molecule has 20 heavy (non-hydrogen) atoms. The lowest BCUT2D eigenvalue weighted by Gasteiger charge is -2.41. The summed E-state index contributed by atoms with van der Waals surface area (Å²) < 4.78 is 1.83. The third kappa shape index (κ3) is 1.87. The lowest BCUT2D eigenvalue weighted by molar-refractivity contribution is 0.202. The monoisotopic (exact) mass is 271 g/mol. The molecular weight excluding hydrogens is 250 g/mol. The number of anilines is 1. The van der Waals surface area contributed by atoms with Crippen molar-refractivity contribution < 1.29 is 0 Å². The summed E-state index contributed by atoms with van der Waals surface area (Å²) in [4.78, 5) is 11.3. The van der Waals surface area contributed by atoms with E-state index in [2.05, 4.69) is 20.0 Å². The highest BCUT2D eigenvalue weighted by atomic mass is 15.3. The molecule has 5 nitrogen and oxygen atoms in total. The van der Waals surface area contributed by atoms with E-state index < -0.39 is 0 Å². The van der Waals surface area contributed by atoms with Crippen LogP contribution in [0, 0.1) is 11.8 Å². The largest absolute Gasteiger partial charge is 0.356 e. The van der Waals surface area contributed by atoms with Gasteiger partial charge in [-0.15, -0.1) is 0 Å². The molecule has 0 amide bonds. The average Bonchev–Trinajstić information content (AvgIpc) is 2.88. The Morgan fingerprint density at radius 3 is 2.85 bits per heavy atom. The first-order valence-corrected chi connectivity index (χ1v) is 7.70. The molecule has 1 aliphatic carbocycles. The van der Waals surface area contributed by atoms with Gasteiger partial charge in [-0.2, -0.15) is 5.10 Å². The normalized spacial score (nSPS) is 26.8. The Balaban J connectivity index is 1.66. The van der Waals surface area contributed by atoms with Gasteiger partial charge in [0.05, 0.1) is 11.6 Å². The fourth-order valence-corrected chi connectivity index (χ4v) is 3.99. The number of piperidine rings is 1. The predicted molar refractivity (Wildman–Crippen MR) is 78.6 cm³/mol. The van der Waals surface area contributed by atoms with Crippen molar-refractivity contribution in [3.8, 4) is 0 Å². The second kappa shape index (κ2) is 4.72. The van der Waals surface area contributed by atoms with Gasteiger partial charge >= 0.3 is 0 Å². The quantitative estimate of drug-likeness (QED) is 0.799. The SMILES string of the molecule is Cn1ncc2c(N3CC[C@H]4CCCC[C@@H]4C3)ncnc21. The van der Waals surface area contributed by atoms with Gasteiger partial charge in [0, 0.05) is 20.1 Å². The molecule has 0 unspecified atom stereocenters. The minimum absolute atomic E-state index is 0.860. The molecule has 1 saturated heterocycles. The van der Waals surface area contributed by atoms with E-state index in [4.69, 9.17) is 0 Å². The van der Waals surface area contributed by atoms with Crippen molar-refractivity contribution in [2.75, 3.05) is 18.0 Å². The minimum Gasteiger partial charge on any atom is -0.356 e. The molecule has 0 N–H and O–H groups in total. The van der Waals surface area contributed by atoms with Crippen LogP contribution in [0.1, 0.15) is 32.1 Å². The van der Waals surface area contributed by atoms with Crippen LogP contribution in [-0.2, 0) is 7.05 Å². The molecule has 0 aromatic carbocycles. The van der Waals surface area contributed by atoms with Crippen LogP contribution in [0.15, 0.2) is 12.5 Å². The Hall–Kier alpha value is -1.65. The molecule has 3 heterocycles. The second-order valence-electron chi connectivity index (χ2n) is 6.24. The van der Waals surface area contributed by atoms with Crippen LogP contribution in [0.3, 0.4) is 0 Å². The zero-order valence-corrected chi connectivity index (χ0v) is 12.0. The van der Waals surface area contributed by atoms with Crippen molar-refractivity contribution in [1.29, 1.82) is 0 Å². The van der Waals surface area contributed by atoms with E-state index in [1.807, 2.05) is 17.9 Å². The van der Waals surface area contributed by atoms with E-state index >= 15 is 0 Å². The molecular formula is C15H21N5. The third-order valence-corrected chi connectivity index (χ3v) is 5.10. The maximum absolute atomic E-state index is 4.54. The zero-order valence-electron chi connectivity index (χ0n) is 12.0. The molecule has 2 fully saturated rings. The highest BCUT2D eigenvalue weighted by Gasteiger charge is 2.32. The van der Waals surface area contributed by atoms with Gasteiger partial charge in [0.2, 0.25) is 0 Å². The van der Waals surface area contributed by atoms with Crippen LogP contribution in [0.4, 0.5) is 5.82 Å². The number of nitrogens with zero attached hydrogens (tertiary/aromatic N) is 5. The highest BCUT2D eigenvalue weighted by molar-refractivity contribution is 5.86. The van der Waals surface area contributed by atoms with Crippen molar-refractivity contribution in [3.63, 3.8) is 0 Å². The van der Waals surface area contributed by atoms with Crippen LogP contribution in [0.5, 0.6) is 0 Å². The number of aromatic nitrogens is 4. The van der Waals surface area contributed by atoms with E-state index in [0.717, 1.165) is 41.8 Å². The maximum atomic E-state index is 4.54. The van der Waals surface area contributed by atoms with Gasteiger partial charge in [0.25, 0.3) is 0 Å². The minimum atomic E-state index is 0.860. The summed E-state index contributed by atoms with van der Waals surface area (Å²) >= 11 is 0. The fraction of sp³-hybridized carbons (Fsp3) is 0.667. The Bertz CT molecular complexity index is 620. The van der Waals surface area contributed by atoms with Gasteiger partial charge in [-0.25, -0.2) is 9.97 Å². The van der Waals surface area contributed by atoms with E-state index in [0.29, 0.717) is 0 Å². The molecule has 106 valence electrons. The summed E-state index contributed by atoms with van der Waals surface area (Å²) in [5.74, 6) is 2.89. The van der Waals surface area contributed by atoms with E-state index in [-0.39, 0.29) is 0 Å². The smallest absolute Gasteiger partial charge is 0.163 e. The average molecular weight is 271 g/mol. The summed E-state index contributed by atoms with van der Waals surface area (Å²) in [6.45, 7) is 2.29. The van der Waals surface area contributed by atoms with Gasteiger partial charge in [-0.3, -0.25) is 4.68 Å². The number of rotatable bonds is 1. The van der Waals surface area contributed by atoms with Crippen LogP contribution in [-0.4, -0.2) is 32.8 Å². The molecule has 2 aromatic heterocycles. The fourth-order valence-electron chi connectivity index (χ4n) is 3.99. The molecule has 4 rings (SSSR count). The van der Waals surface area contributed by atoms with E-state index in [1.54, 1.807) is 6.33 Å². The molecule has 2 aromatic rings. The number of hydrogen-bond acceptors (Lipinski definition) is 4. The van der Waals surface area contributed by atoms with Gasteiger partial charge in [0.1, 0.15) is 12.1 Å². The van der Waals surface area contributed by atoms with E-state index in [9.17, 15) is 0 Å². The topological polar surface area (TPSA) is 46.8 Å². The first-order valence-electron chi connectivity index (χ1n) is 7.70. The van der Waals surface area contributed by atoms with Crippen molar-refractivity contribution in [2.24, 2.45) is 18.9 Å². The zero-order chi connectivity index (χ0) is 13.5. The highest BCUT2D eigenvalue weighted by Crippen LogP contribution is 2.38. The number of aryl methyl sites for hydroxylation is 1. The van der Waals surface area contributed by atoms with Crippen molar-refractivity contribution in [3.05, 3.63) is 12.5 Å². The van der Waals surface area contributed by atoms with Crippen molar-refractivity contribution in [2.45, 2.75) is 32.1 Å². The maximum Gasteiger partial charge on any atom is 0.163 e. The van der Waals surface area contributed by atoms with Gasteiger partial charge in [-0.1, -0.05) is 19.3 Å². The molecule has 1 aliphatic heterocycles. The number of fused-ring (bicyclic) bond motifs is 2. The Morgan fingerprint density at radius 2 is 1.95 bits per heavy atom. The summed E-state index contributed by atoms with van der Waals surface area (Å²) in [6, 6.07) is 0. The first-order chi connectivity index (χ1) is 9.83. The Morgan fingerprint density at radius 1 is 1.10 bits per heavy atom. The molecule has 0 bridgehead atoms. The summed E-state index contributed by atoms with van der Waals surface area (Å²) in [6.07, 6.45) is 10.6. The van der Waals surface area contributed by atoms with Gasteiger partial charge in [-0.05, 0) is 24.7 Å². The summed E-state index contributed by atoms with van der Waals surface area (Å²) in [7, 11) is 1.94. The lowest BCUT2D eigenvalue weighted by atomic mass is 9.75. The second-order valence-corrected chi connectivity index (χ2v) is 6.24. The lowest BCUT2D eigenvalue weighted by Crippen LogP contribution is -2.42. The van der Waals surface area contributed by atoms with Crippen LogP contribution in [0.25, 0.3) is 11.0 Å². The Labute approximate surface area is 119 Å². The summed E-state index contributed by atoms with van der Waals surface area (Å²) in [5.41, 5.74) is 0.931. The molecule has 0 spiro atoms. The molecule has 5 heteroatoms. The third-order valence-electron chi connectivity index (χ3n) is 5.10. The standard InChI is InChI=1S/C15H21N5/c1-19-14-13(8-18-19)15(17-10-16-14)20-7-6-11-4-2-3-5-12(11)9-20/h8,10-12H,2-7,9H2,1H3/t11-,12-/m1/s1. The first kappa shape index (κ1) is 12.1. The molecule has 1 saturated carbocycles. The Kier molecular flexibility index (Phi) is 2.86. The van der Waals surface area contributed by atoms with Crippen LogP contribution in [0.2, 0.25) is 0 Å². The van der Waals surface area contributed by atoms with Crippen molar-refractivity contribution in [1.82, 2.24) is 19.7 Å². The molecule has 0 radical (unpaired) electrons. The van der Waals surface area contributed by atoms with Gasteiger partial charge in [0.15, 0.2) is 5.65 Å².